The smallest absolute Gasteiger partial charge is 0.323 e. The van der Waals surface area contributed by atoms with Gasteiger partial charge in [0.25, 0.3) is 0 Å². The van der Waals surface area contributed by atoms with Gasteiger partial charge in [-0.2, -0.15) is 0 Å². The van der Waals surface area contributed by atoms with E-state index in [1.165, 1.54) is 0 Å². The Morgan fingerprint density at radius 3 is 2.31 bits per heavy atom. The number of aliphatic hydroxyl groups is 1. The van der Waals surface area contributed by atoms with Crippen LogP contribution in [0.2, 0.25) is 0 Å². The Bertz CT molecular complexity index is 1600. The summed E-state index contributed by atoms with van der Waals surface area (Å²) in [7, 11) is 0. The van der Waals surface area contributed by atoms with Crippen molar-refractivity contribution >= 4 is 17.8 Å². The number of amides is 1. The van der Waals surface area contributed by atoms with Crippen LogP contribution in [0.15, 0.2) is 72.8 Å². The Kier molecular flexibility index (Phi) is 13.4. The van der Waals surface area contributed by atoms with Crippen molar-refractivity contribution in [3.05, 3.63) is 95.1 Å². The van der Waals surface area contributed by atoms with E-state index in [0.29, 0.717) is 45.2 Å². The molecule has 2 saturated heterocycles. The molecular formula is C41H52N2O8. The van der Waals surface area contributed by atoms with Gasteiger partial charge in [-0.25, -0.2) is 0 Å². The average Bonchev–Trinajstić information content (AvgIpc) is 3.58. The van der Waals surface area contributed by atoms with Crippen LogP contribution in [0.25, 0.3) is 11.1 Å². The fourth-order valence-electron chi connectivity index (χ4n) is 6.77. The number of aliphatic hydroxyl groups excluding tert-OH is 1. The molecule has 3 aromatic carbocycles. The summed E-state index contributed by atoms with van der Waals surface area (Å²) in [5.74, 6) is -1.06. The monoisotopic (exact) mass is 700 g/mol. The first-order chi connectivity index (χ1) is 24.5. The third-order valence-electron chi connectivity index (χ3n) is 9.38. The van der Waals surface area contributed by atoms with Gasteiger partial charge in [-0.05, 0) is 80.8 Å². The standard InChI is InChI=1S/C41H52N2O8/c1-41(2,3)51-39(48)35-12-9-23-43(35)26-33-24-36(30-17-15-28(27-44)16-18-30)50-40(49-33)31-21-19-29(20-22-31)34-11-8-7-10-32(34)25-42-37(45)13-5-4-6-14-38(46)47/h7-8,10-11,15-22,33,35-36,40,44H,4-6,9,12-14,23-27H2,1-3H3,(H,42,45)(H,46,47)/t33-,35+,36+,40+/m1/s1. The fraction of sp³-hybridized carbons (Fsp3) is 0.488. The molecular weight excluding hydrogens is 648 g/mol. The van der Waals surface area contributed by atoms with Gasteiger partial charge in [0.2, 0.25) is 5.91 Å². The minimum atomic E-state index is -0.811. The van der Waals surface area contributed by atoms with Crippen molar-refractivity contribution in [3.8, 4) is 11.1 Å². The van der Waals surface area contributed by atoms with Crippen LogP contribution in [0.1, 0.15) is 107 Å². The van der Waals surface area contributed by atoms with Crippen LogP contribution in [0.3, 0.4) is 0 Å². The molecule has 274 valence electrons. The Morgan fingerprint density at radius 2 is 1.61 bits per heavy atom. The molecule has 5 rings (SSSR count). The number of carboxylic acid groups (broad SMARTS) is 1. The van der Waals surface area contributed by atoms with Gasteiger partial charge in [-0.1, -0.05) is 79.2 Å². The molecule has 3 aromatic rings. The Labute approximate surface area is 301 Å². The van der Waals surface area contributed by atoms with Crippen molar-refractivity contribution in [2.45, 2.75) is 115 Å². The van der Waals surface area contributed by atoms with E-state index in [1.807, 2.05) is 93.6 Å². The first kappa shape index (κ1) is 38.1. The van der Waals surface area contributed by atoms with Gasteiger partial charge in [0.15, 0.2) is 6.29 Å². The number of esters is 1. The van der Waals surface area contributed by atoms with Crippen molar-refractivity contribution < 1.29 is 38.8 Å². The van der Waals surface area contributed by atoms with Crippen LogP contribution < -0.4 is 5.32 Å². The van der Waals surface area contributed by atoms with Gasteiger partial charge >= 0.3 is 11.9 Å². The maximum Gasteiger partial charge on any atom is 0.323 e. The summed E-state index contributed by atoms with van der Waals surface area (Å²) < 4.78 is 19.0. The number of hydrogen-bond acceptors (Lipinski definition) is 8. The number of ether oxygens (including phenoxy) is 3. The molecule has 4 atom stereocenters. The number of unbranched alkanes of at least 4 members (excludes halogenated alkanes) is 2. The number of carbonyl (C=O) groups excluding carboxylic acids is 2. The second-order valence-electron chi connectivity index (χ2n) is 14.5. The predicted molar refractivity (Wildman–Crippen MR) is 193 cm³/mol. The molecule has 0 radical (unpaired) electrons. The van der Waals surface area contributed by atoms with Crippen molar-refractivity contribution in [1.82, 2.24) is 10.2 Å². The Balaban J connectivity index is 1.28. The number of carboxylic acids is 1. The van der Waals surface area contributed by atoms with E-state index in [4.69, 9.17) is 19.3 Å². The molecule has 2 fully saturated rings. The molecule has 0 saturated carbocycles. The van der Waals surface area contributed by atoms with E-state index in [0.717, 1.165) is 52.8 Å². The summed E-state index contributed by atoms with van der Waals surface area (Å²) in [4.78, 5) is 38.5. The van der Waals surface area contributed by atoms with Gasteiger partial charge in [0.1, 0.15) is 11.6 Å². The number of nitrogens with zero attached hydrogens (tertiary/aromatic N) is 1. The van der Waals surface area contributed by atoms with E-state index in [1.54, 1.807) is 0 Å². The average molecular weight is 701 g/mol. The fourth-order valence-corrected chi connectivity index (χ4v) is 6.77. The lowest BCUT2D eigenvalue weighted by Gasteiger charge is -2.38. The SMILES string of the molecule is CC(C)(C)OC(=O)[C@@H]1CCCN1C[C@H]1C[C@@H](c2ccc(CO)cc2)O[C@@H](c2ccc(-c3ccccc3CNC(=O)CCCCCC(=O)O)cc2)O1. The van der Waals surface area contributed by atoms with Crippen LogP contribution in [0.4, 0.5) is 0 Å². The molecule has 0 spiro atoms. The molecule has 0 aromatic heterocycles. The molecule has 0 bridgehead atoms. The van der Waals surface area contributed by atoms with E-state index in [-0.39, 0.29) is 43.2 Å². The first-order valence-corrected chi connectivity index (χ1v) is 18.1. The summed E-state index contributed by atoms with van der Waals surface area (Å²) in [5.41, 5.74) is 5.16. The van der Waals surface area contributed by atoms with Gasteiger partial charge in [-0.3, -0.25) is 19.3 Å². The summed E-state index contributed by atoms with van der Waals surface area (Å²) in [5, 5.41) is 21.4. The van der Waals surface area contributed by atoms with Crippen LogP contribution in [0, 0.1) is 0 Å². The lowest BCUT2D eigenvalue weighted by molar-refractivity contribution is -0.253. The second-order valence-corrected chi connectivity index (χ2v) is 14.5. The van der Waals surface area contributed by atoms with Crippen molar-refractivity contribution in [2.75, 3.05) is 13.1 Å². The molecule has 0 unspecified atom stereocenters. The molecule has 51 heavy (non-hydrogen) atoms. The normalized spacial score (nSPS) is 20.9. The zero-order valence-corrected chi connectivity index (χ0v) is 30.0. The summed E-state index contributed by atoms with van der Waals surface area (Å²) >= 11 is 0. The number of hydrogen-bond donors (Lipinski definition) is 3. The molecule has 1 amide bonds. The third-order valence-corrected chi connectivity index (χ3v) is 9.38. The zero-order valence-electron chi connectivity index (χ0n) is 30.0. The summed E-state index contributed by atoms with van der Waals surface area (Å²) in [6, 6.07) is 23.6. The van der Waals surface area contributed by atoms with Crippen molar-refractivity contribution in [1.29, 1.82) is 0 Å². The number of likely N-dealkylation sites (tertiary alicyclic amines) is 1. The van der Waals surface area contributed by atoms with Gasteiger partial charge in [-0.15, -0.1) is 0 Å². The predicted octanol–water partition coefficient (Wildman–Crippen LogP) is 6.85. The van der Waals surface area contributed by atoms with Gasteiger partial charge in [0, 0.05) is 37.9 Å². The van der Waals surface area contributed by atoms with E-state index in [9.17, 15) is 19.5 Å². The summed E-state index contributed by atoms with van der Waals surface area (Å²) in [6.07, 6.45) is 3.65. The van der Waals surface area contributed by atoms with Gasteiger partial charge in [0.05, 0.1) is 18.8 Å². The topological polar surface area (TPSA) is 135 Å². The molecule has 2 aliphatic rings. The van der Waals surface area contributed by atoms with Gasteiger partial charge < -0.3 is 29.7 Å². The van der Waals surface area contributed by atoms with Crippen LogP contribution in [0.5, 0.6) is 0 Å². The van der Waals surface area contributed by atoms with E-state index < -0.39 is 17.9 Å². The number of benzene rings is 3. The molecule has 10 nitrogen and oxygen atoms in total. The molecule has 2 aliphatic heterocycles. The highest BCUT2D eigenvalue weighted by atomic mass is 16.7. The van der Waals surface area contributed by atoms with E-state index >= 15 is 0 Å². The Hall–Kier alpha value is -4.09. The lowest BCUT2D eigenvalue weighted by Crippen LogP contribution is -2.45. The van der Waals surface area contributed by atoms with E-state index in [2.05, 4.69) is 10.2 Å². The number of aliphatic carboxylic acids is 1. The van der Waals surface area contributed by atoms with Crippen LogP contribution in [-0.2, 0) is 41.7 Å². The molecule has 0 aliphatic carbocycles. The maximum absolute atomic E-state index is 13.1. The first-order valence-electron chi connectivity index (χ1n) is 18.1. The minimum absolute atomic E-state index is 0.0286. The van der Waals surface area contributed by atoms with Crippen LogP contribution in [-0.4, -0.2) is 63.8 Å². The quantitative estimate of drug-likeness (QED) is 0.115. The number of carbonyl (C=O) groups is 3. The third kappa shape index (κ3) is 11.2. The largest absolute Gasteiger partial charge is 0.481 e. The van der Waals surface area contributed by atoms with Crippen molar-refractivity contribution in [2.24, 2.45) is 0 Å². The maximum atomic E-state index is 13.1. The Morgan fingerprint density at radius 1 is 0.902 bits per heavy atom. The highest BCUT2D eigenvalue weighted by Gasteiger charge is 2.39. The highest BCUT2D eigenvalue weighted by molar-refractivity contribution is 5.77. The van der Waals surface area contributed by atoms with Crippen molar-refractivity contribution in [3.63, 3.8) is 0 Å². The summed E-state index contributed by atoms with van der Waals surface area (Å²) in [6.45, 7) is 7.41. The zero-order chi connectivity index (χ0) is 36.4. The molecule has 2 heterocycles. The van der Waals surface area contributed by atoms with Crippen LogP contribution >= 0.6 is 0 Å². The molecule has 10 heteroatoms. The molecule has 3 N–H and O–H groups in total. The lowest BCUT2D eigenvalue weighted by atomic mass is 9.97. The minimum Gasteiger partial charge on any atom is -0.481 e. The second kappa shape index (κ2) is 17.9. The highest BCUT2D eigenvalue weighted by Crippen LogP contribution is 2.39. The number of rotatable bonds is 15. The number of nitrogens with one attached hydrogen (secondary N) is 1.